The lowest BCUT2D eigenvalue weighted by Crippen LogP contribution is -2.42. The molecule has 0 aliphatic carbocycles. The summed E-state index contributed by atoms with van der Waals surface area (Å²) in [5, 5.41) is 0. The molecule has 1 amide bonds. The fourth-order valence-electron chi connectivity index (χ4n) is 3.84. The van der Waals surface area contributed by atoms with Crippen LogP contribution in [0.15, 0.2) is 83.8 Å². The molecule has 1 fully saturated rings. The molecule has 1 heterocycles. The number of esters is 1. The van der Waals surface area contributed by atoms with Crippen LogP contribution in [0.2, 0.25) is 0 Å². The number of hydrogen-bond donors (Lipinski definition) is 0. The molecule has 0 radical (unpaired) electrons. The van der Waals surface area contributed by atoms with Gasteiger partial charge in [-0.25, -0.2) is 13.2 Å². The largest absolute Gasteiger partial charge is 0.497 e. The van der Waals surface area contributed by atoms with Gasteiger partial charge in [0.2, 0.25) is 0 Å². The van der Waals surface area contributed by atoms with Gasteiger partial charge in [0.25, 0.3) is 15.9 Å². The first-order valence-corrected chi connectivity index (χ1v) is 13.2. The lowest BCUT2D eigenvalue weighted by atomic mass is 10.2. The van der Waals surface area contributed by atoms with Crippen molar-refractivity contribution < 1.29 is 32.2 Å². The SMILES string of the molecule is COc1ccc(N(Cc2ccccc2)S(=O)(=O)c2cccc(C(=O)OCC(=O)N3CCOCC3)c2)cc1. The average Bonchev–Trinajstić information content (AvgIpc) is 2.95. The summed E-state index contributed by atoms with van der Waals surface area (Å²) >= 11 is 0. The topological polar surface area (TPSA) is 102 Å². The quantitative estimate of drug-likeness (QED) is 0.397. The van der Waals surface area contributed by atoms with Gasteiger partial charge in [0, 0.05) is 13.1 Å². The maximum absolute atomic E-state index is 13.8. The molecular formula is C27H28N2O7S. The normalized spacial score (nSPS) is 13.6. The number of sulfonamides is 1. The van der Waals surface area contributed by atoms with Crippen LogP contribution >= 0.6 is 0 Å². The van der Waals surface area contributed by atoms with Crippen LogP contribution in [0.3, 0.4) is 0 Å². The van der Waals surface area contributed by atoms with Crippen LogP contribution in [0.25, 0.3) is 0 Å². The van der Waals surface area contributed by atoms with Gasteiger partial charge in [0.15, 0.2) is 6.61 Å². The monoisotopic (exact) mass is 524 g/mol. The van der Waals surface area contributed by atoms with Gasteiger partial charge < -0.3 is 19.1 Å². The van der Waals surface area contributed by atoms with Gasteiger partial charge in [0.05, 0.1) is 43.0 Å². The second-order valence-corrected chi connectivity index (χ2v) is 10.2. The summed E-state index contributed by atoms with van der Waals surface area (Å²) in [5.74, 6) is -0.510. The Bertz CT molecular complexity index is 1320. The predicted octanol–water partition coefficient (Wildman–Crippen LogP) is 3.11. The van der Waals surface area contributed by atoms with Gasteiger partial charge in [-0.3, -0.25) is 9.10 Å². The van der Waals surface area contributed by atoms with Gasteiger partial charge in [0.1, 0.15) is 5.75 Å². The van der Waals surface area contributed by atoms with Gasteiger partial charge in [-0.1, -0.05) is 36.4 Å². The van der Waals surface area contributed by atoms with E-state index >= 15 is 0 Å². The Balaban J connectivity index is 1.56. The molecule has 3 aromatic carbocycles. The maximum Gasteiger partial charge on any atom is 0.338 e. The van der Waals surface area contributed by atoms with Crippen LogP contribution in [0.5, 0.6) is 5.75 Å². The second kappa shape index (κ2) is 11.9. The van der Waals surface area contributed by atoms with Crippen LogP contribution in [-0.2, 0) is 30.8 Å². The molecule has 194 valence electrons. The van der Waals surface area contributed by atoms with Crippen molar-refractivity contribution in [3.05, 3.63) is 90.0 Å². The van der Waals surface area contributed by atoms with Crippen molar-refractivity contribution in [3.63, 3.8) is 0 Å². The molecule has 10 heteroatoms. The number of benzene rings is 3. The summed E-state index contributed by atoms with van der Waals surface area (Å²) < 4.78 is 44.5. The zero-order valence-electron chi connectivity index (χ0n) is 20.4. The minimum atomic E-state index is -4.08. The van der Waals surface area contributed by atoms with Crippen molar-refractivity contribution in [1.29, 1.82) is 0 Å². The molecule has 0 N–H and O–H groups in total. The van der Waals surface area contributed by atoms with Crippen LogP contribution in [0.4, 0.5) is 5.69 Å². The highest BCUT2D eigenvalue weighted by atomic mass is 32.2. The van der Waals surface area contributed by atoms with E-state index in [1.165, 1.54) is 35.7 Å². The summed E-state index contributed by atoms with van der Waals surface area (Å²) in [5.41, 5.74) is 1.26. The van der Waals surface area contributed by atoms with E-state index in [2.05, 4.69) is 0 Å². The van der Waals surface area contributed by atoms with Crippen LogP contribution in [-0.4, -0.2) is 65.2 Å². The Labute approximate surface area is 216 Å². The molecule has 0 unspecified atom stereocenters. The number of nitrogens with zero attached hydrogens (tertiary/aromatic N) is 2. The fraction of sp³-hybridized carbons (Fsp3) is 0.259. The number of morpholine rings is 1. The molecule has 37 heavy (non-hydrogen) atoms. The van der Waals surface area contributed by atoms with Crippen molar-refractivity contribution in [3.8, 4) is 5.75 Å². The molecule has 1 aliphatic rings. The minimum Gasteiger partial charge on any atom is -0.497 e. The number of anilines is 1. The van der Waals surface area contributed by atoms with Crippen molar-refractivity contribution in [2.45, 2.75) is 11.4 Å². The summed E-state index contributed by atoms with van der Waals surface area (Å²) in [6, 6.07) is 21.5. The molecule has 0 aromatic heterocycles. The van der Waals surface area contributed by atoms with Gasteiger partial charge >= 0.3 is 5.97 Å². The van der Waals surface area contributed by atoms with Gasteiger partial charge in [-0.05, 0) is 48.0 Å². The van der Waals surface area contributed by atoms with E-state index in [0.29, 0.717) is 37.7 Å². The van der Waals surface area contributed by atoms with Crippen LogP contribution in [0.1, 0.15) is 15.9 Å². The molecule has 9 nitrogen and oxygen atoms in total. The summed E-state index contributed by atoms with van der Waals surface area (Å²) in [7, 11) is -2.55. The Morgan fingerprint density at radius 2 is 1.65 bits per heavy atom. The Morgan fingerprint density at radius 1 is 0.946 bits per heavy atom. The van der Waals surface area contributed by atoms with Gasteiger partial charge in [-0.2, -0.15) is 0 Å². The number of ether oxygens (including phenoxy) is 3. The first kappa shape index (κ1) is 26.2. The Kier molecular flexibility index (Phi) is 8.42. The zero-order valence-corrected chi connectivity index (χ0v) is 21.2. The molecular weight excluding hydrogens is 496 g/mol. The average molecular weight is 525 g/mol. The van der Waals surface area contributed by atoms with Crippen molar-refractivity contribution >= 4 is 27.6 Å². The number of carbonyl (C=O) groups excluding carboxylic acids is 2. The summed E-state index contributed by atoms with van der Waals surface area (Å²) in [4.78, 5) is 26.5. The number of rotatable bonds is 9. The van der Waals surface area contributed by atoms with E-state index in [1.54, 1.807) is 29.2 Å². The fourth-order valence-corrected chi connectivity index (χ4v) is 5.34. The zero-order chi connectivity index (χ0) is 26.3. The third-order valence-corrected chi connectivity index (χ3v) is 7.65. The first-order chi connectivity index (χ1) is 17.9. The molecule has 4 rings (SSSR count). The Hall–Kier alpha value is -3.89. The third-order valence-electron chi connectivity index (χ3n) is 5.88. The summed E-state index contributed by atoms with van der Waals surface area (Å²) in [6.07, 6.45) is 0. The molecule has 1 saturated heterocycles. The molecule has 3 aromatic rings. The molecule has 0 atom stereocenters. The van der Waals surface area contributed by atoms with Crippen molar-refractivity contribution in [2.75, 3.05) is 44.3 Å². The highest BCUT2D eigenvalue weighted by Gasteiger charge is 2.27. The van der Waals surface area contributed by atoms with E-state index in [4.69, 9.17) is 14.2 Å². The van der Waals surface area contributed by atoms with Crippen LogP contribution < -0.4 is 9.04 Å². The molecule has 0 saturated carbocycles. The van der Waals surface area contributed by atoms with Crippen molar-refractivity contribution in [1.82, 2.24) is 4.90 Å². The van der Waals surface area contributed by atoms with Crippen molar-refractivity contribution in [2.24, 2.45) is 0 Å². The summed E-state index contributed by atoms with van der Waals surface area (Å²) in [6.45, 7) is 1.40. The highest BCUT2D eigenvalue weighted by molar-refractivity contribution is 7.92. The van der Waals surface area contributed by atoms with E-state index in [9.17, 15) is 18.0 Å². The second-order valence-electron chi connectivity index (χ2n) is 8.29. The standard InChI is InChI=1S/C27H28N2O7S/c1-34-24-12-10-23(11-13-24)29(19-21-6-3-2-4-7-21)37(32,33)25-9-5-8-22(18-25)27(31)36-20-26(30)28-14-16-35-17-15-28/h2-13,18H,14-17,19-20H2,1H3. The molecule has 0 spiro atoms. The number of amides is 1. The predicted molar refractivity (Wildman–Crippen MR) is 137 cm³/mol. The van der Waals surface area contributed by atoms with E-state index in [0.717, 1.165) is 5.56 Å². The van der Waals surface area contributed by atoms with E-state index < -0.39 is 22.6 Å². The lowest BCUT2D eigenvalue weighted by molar-refractivity contribution is -0.138. The number of hydrogen-bond acceptors (Lipinski definition) is 7. The van der Waals surface area contributed by atoms with Gasteiger partial charge in [-0.15, -0.1) is 0 Å². The third kappa shape index (κ3) is 6.46. The van der Waals surface area contributed by atoms with Crippen LogP contribution in [0, 0.1) is 0 Å². The molecule has 0 bridgehead atoms. The van der Waals surface area contributed by atoms with E-state index in [-0.39, 0.29) is 22.9 Å². The lowest BCUT2D eigenvalue weighted by Gasteiger charge is -2.26. The highest BCUT2D eigenvalue weighted by Crippen LogP contribution is 2.28. The Morgan fingerprint density at radius 3 is 2.32 bits per heavy atom. The van der Waals surface area contributed by atoms with E-state index in [1.807, 2.05) is 30.3 Å². The molecule has 1 aliphatic heterocycles. The smallest absolute Gasteiger partial charge is 0.338 e. The maximum atomic E-state index is 13.8. The number of methoxy groups -OCH3 is 1. The minimum absolute atomic E-state index is 0.0326. The first-order valence-electron chi connectivity index (χ1n) is 11.7. The number of carbonyl (C=O) groups is 2.